The third-order valence-electron chi connectivity index (χ3n) is 0.792. The van der Waals surface area contributed by atoms with E-state index in [0.29, 0.717) is 12.3 Å². The first-order valence-electron chi connectivity index (χ1n) is 2.45. The van der Waals surface area contributed by atoms with Gasteiger partial charge in [0.25, 0.3) is 0 Å². The molecule has 0 aromatic carbocycles. The molecule has 0 radical (unpaired) electrons. The molecule has 58 valence electrons. The van der Waals surface area contributed by atoms with Crippen LogP contribution in [-0.2, 0) is 4.74 Å². The van der Waals surface area contributed by atoms with E-state index in [2.05, 4.69) is 11.3 Å². The minimum absolute atomic E-state index is 0.604. The summed E-state index contributed by atoms with van der Waals surface area (Å²) in [6, 6.07) is 0. The summed E-state index contributed by atoms with van der Waals surface area (Å²) in [5.74, 6) is 0. The van der Waals surface area contributed by atoms with Crippen molar-refractivity contribution in [3.8, 4) is 0 Å². The highest BCUT2D eigenvalue weighted by molar-refractivity contribution is 5.19. The highest BCUT2D eigenvalue weighted by Gasteiger charge is 2.31. The molecule has 0 aliphatic carbocycles. The molecular weight excluding hydrogens is 145 g/mol. The average molecular weight is 152 g/mol. The van der Waals surface area contributed by atoms with Gasteiger partial charge in [0.1, 0.15) is 0 Å². The molecule has 1 nitrogen and oxygen atoms in total. The normalized spacial score (nSPS) is 13.0. The van der Waals surface area contributed by atoms with Gasteiger partial charge in [-0.3, -0.25) is 0 Å². The minimum atomic E-state index is -4.36. The van der Waals surface area contributed by atoms with Gasteiger partial charge in [0, 0.05) is 0 Å². The summed E-state index contributed by atoms with van der Waals surface area (Å²) in [5.41, 5.74) is -0.880. The van der Waals surface area contributed by atoms with Gasteiger partial charge in [-0.1, -0.05) is 12.7 Å². The maximum atomic E-state index is 11.7. The maximum absolute atomic E-state index is 11.7. The van der Waals surface area contributed by atoms with Gasteiger partial charge in [-0.25, -0.2) is 0 Å². The van der Waals surface area contributed by atoms with Crippen molar-refractivity contribution >= 4 is 0 Å². The molecule has 0 aliphatic heterocycles. The summed E-state index contributed by atoms with van der Waals surface area (Å²) in [7, 11) is 1.15. The van der Waals surface area contributed by atoms with Crippen LogP contribution in [-0.4, -0.2) is 13.3 Å². The van der Waals surface area contributed by atoms with Crippen LogP contribution in [0.15, 0.2) is 24.5 Å². The molecule has 0 bridgehead atoms. The molecule has 0 heterocycles. The molecule has 0 amide bonds. The minimum Gasteiger partial charge on any atom is -0.504 e. The van der Waals surface area contributed by atoms with Gasteiger partial charge in [-0.15, -0.1) is 0 Å². The molecule has 0 saturated heterocycles. The van der Waals surface area contributed by atoms with E-state index in [0.717, 1.165) is 7.11 Å². The first-order valence-corrected chi connectivity index (χ1v) is 2.45. The van der Waals surface area contributed by atoms with Gasteiger partial charge in [0.05, 0.1) is 18.9 Å². The number of alkyl halides is 3. The number of rotatable bonds is 2. The van der Waals surface area contributed by atoms with Gasteiger partial charge < -0.3 is 4.74 Å². The SMILES string of the molecule is C=C/C(=C\OC)C(F)(F)F. The van der Waals surface area contributed by atoms with Crippen LogP contribution in [0.25, 0.3) is 0 Å². The topological polar surface area (TPSA) is 9.23 Å². The summed E-state index contributed by atoms with van der Waals surface area (Å²) in [5, 5.41) is 0. The zero-order chi connectivity index (χ0) is 8.20. The Morgan fingerprint density at radius 2 is 2.00 bits per heavy atom. The van der Waals surface area contributed by atoms with Crippen molar-refractivity contribution < 1.29 is 17.9 Å². The van der Waals surface area contributed by atoms with E-state index < -0.39 is 11.7 Å². The first-order chi connectivity index (χ1) is 4.52. The molecule has 0 rings (SSSR count). The van der Waals surface area contributed by atoms with Crippen molar-refractivity contribution in [1.82, 2.24) is 0 Å². The van der Waals surface area contributed by atoms with Crippen LogP contribution in [0.3, 0.4) is 0 Å². The number of hydrogen-bond acceptors (Lipinski definition) is 1. The van der Waals surface area contributed by atoms with Crippen LogP contribution >= 0.6 is 0 Å². The van der Waals surface area contributed by atoms with Gasteiger partial charge in [0.15, 0.2) is 0 Å². The Bertz CT molecular complexity index is 146. The van der Waals surface area contributed by atoms with Gasteiger partial charge in [-0.05, 0) is 0 Å². The zero-order valence-electron chi connectivity index (χ0n) is 5.40. The van der Waals surface area contributed by atoms with Crippen molar-refractivity contribution in [3.63, 3.8) is 0 Å². The van der Waals surface area contributed by atoms with Crippen LogP contribution < -0.4 is 0 Å². The van der Waals surface area contributed by atoms with Crippen LogP contribution in [0.1, 0.15) is 0 Å². The Balaban J connectivity index is 4.36. The van der Waals surface area contributed by atoms with Gasteiger partial charge in [-0.2, -0.15) is 13.2 Å². The molecular formula is C6H7F3O. The molecule has 0 spiro atoms. The lowest BCUT2D eigenvalue weighted by Crippen LogP contribution is -2.09. The van der Waals surface area contributed by atoms with Crippen molar-refractivity contribution in [1.29, 1.82) is 0 Å². The third-order valence-corrected chi connectivity index (χ3v) is 0.792. The average Bonchev–Trinajstić information content (AvgIpc) is 1.80. The Kier molecular flexibility index (Phi) is 2.99. The van der Waals surface area contributed by atoms with Crippen LogP contribution in [0, 0.1) is 0 Å². The van der Waals surface area contributed by atoms with Gasteiger partial charge >= 0.3 is 6.18 Å². The molecule has 0 unspecified atom stereocenters. The smallest absolute Gasteiger partial charge is 0.419 e. The molecule has 4 heteroatoms. The molecule has 0 aliphatic rings. The molecule has 10 heavy (non-hydrogen) atoms. The quantitative estimate of drug-likeness (QED) is 0.435. The van der Waals surface area contributed by atoms with Crippen molar-refractivity contribution in [3.05, 3.63) is 24.5 Å². The Morgan fingerprint density at radius 3 is 2.10 bits per heavy atom. The van der Waals surface area contributed by atoms with E-state index in [9.17, 15) is 13.2 Å². The second-order valence-electron chi connectivity index (χ2n) is 1.51. The molecule has 0 fully saturated rings. The number of ether oxygens (including phenoxy) is 1. The van der Waals surface area contributed by atoms with Crippen LogP contribution in [0.2, 0.25) is 0 Å². The monoisotopic (exact) mass is 152 g/mol. The zero-order valence-corrected chi connectivity index (χ0v) is 5.40. The fourth-order valence-electron chi connectivity index (χ4n) is 0.358. The summed E-state index contributed by atoms with van der Waals surface area (Å²) in [6.45, 7) is 2.98. The molecule has 0 aromatic rings. The lowest BCUT2D eigenvalue weighted by Gasteiger charge is -2.05. The van der Waals surface area contributed by atoms with E-state index in [-0.39, 0.29) is 0 Å². The van der Waals surface area contributed by atoms with E-state index in [1.54, 1.807) is 0 Å². The maximum Gasteiger partial charge on any atom is 0.419 e. The third kappa shape index (κ3) is 2.57. The first kappa shape index (κ1) is 9.07. The summed E-state index contributed by atoms with van der Waals surface area (Å²) >= 11 is 0. The standard InChI is InChI=1S/C6H7F3O/c1-3-5(4-10-2)6(7,8)9/h3-4H,1H2,2H3/b5-4+. The predicted molar refractivity (Wildman–Crippen MR) is 31.3 cm³/mol. The predicted octanol–water partition coefficient (Wildman–Crippen LogP) is 2.27. The number of hydrogen-bond donors (Lipinski definition) is 0. The largest absolute Gasteiger partial charge is 0.504 e. The number of methoxy groups -OCH3 is 1. The second kappa shape index (κ2) is 3.29. The van der Waals surface area contributed by atoms with Crippen molar-refractivity contribution in [2.75, 3.05) is 7.11 Å². The molecule has 0 N–H and O–H groups in total. The van der Waals surface area contributed by atoms with Crippen molar-refractivity contribution in [2.45, 2.75) is 6.18 Å². The Labute approximate surface area is 56.8 Å². The lowest BCUT2D eigenvalue weighted by atomic mass is 10.3. The van der Waals surface area contributed by atoms with Crippen LogP contribution in [0.4, 0.5) is 13.2 Å². The Hall–Kier alpha value is -0.930. The lowest BCUT2D eigenvalue weighted by molar-refractivity contribution is -0.0899. The van der Waals surface area contributed by atoms with E-state index in [4.69, 9.17) is 0 Å². The van der Waals surface area contributed by atoms with E-state index in [1.165, 1.54) is 0 Å². The molecule has 0 saturated carbocycles. The molecule has 0 atom stereocenters. The number of halogens is 3. The summed E-state index contributed by atoms with van der Waals surface area (Å²) < 4.78 is 39.2. The second-order valence-corrected chi connectivity index (χ2v) is 1.51. The highest BCUT2D eigenvalue weighted by Crippen LogP contribution is 2.25. The van der Waals surface area contributed by atoms with E-state index >= 15 is 0 Å². The van der Waals surface area contributed by atoms with Gasteiger partial charge in [0.2, 0.25) is 0 Å². The summed E-state index contributed by atoms with van der Waals surface area (Å²) in [4.78, 5) is 0. The number of allylic oxidation sites excluding steroid dienone is 2. The molecule has 0 aromatic heterocycles. The Morgan fingerprint density at radius 1 is 1.50 bits per heavy atom. The highest BCUT2D eigenvalue weighted by atomic mass is 19.4. The fourth-order valence-corrected chi connectivity index (χ4v) is 0.358. The van der Waals surface area contributed by atoms with Crippen molar-refractivity contribution in [2.24, 2.45) is 0 Å². The fraction of sp³-hybridized carbons (Fsp3) is 0.333. The summed E-state index contributed by atoms with van der Waals surface area (Å²) in [6.07, 6.45) is -3.06. The van der Waals surface area contributed by atoms with Crippen LogP contribution in [0.5, 0.6) is 0 Å². The van der Waals surface area contributed by atoms with E-state index in [1.807, 2.05) is 0 Å².